The van der Waals surface area contributed by atoms with Crippen LogP contribution in [0, 0.1) is 10.1 Å². The van der Waals surface area contributed by atoms with Crippen LogP contribution in [0.1, 0.15) is 10.5 Å². The first kappa shape index (κ1) is 14.0. The number of carbonyl (C=O) groups excluding carboxylic acids is 1. The minimum atomic E-state index is -5.32. The molecule has 0 fully saturated rings. The Morgan fingerprint density at radius 3 is 2.50 bits per heavy atom. The average molecular weight is 287 g/mol. The van der Waals surface area contributed by atoms with Gasteiger partial charge in [0.1, 0.15) is 0 Å². The molecular formula is C7H2ClF3N2O5. The van der Waals surface area contributed by atoms with Gasteiger partial charge in [0, 0.05) is 0 Å². The van der Waals surface area contributed by atoms with Gasteiger partial charge in [-0.1, -0.05) is 0 Å². The first-order chi connectivity index (χ1) is 8.13. The average Bonchev–Trinajstić information content (AvgIpc) is 2.13. The number of pyridine rings is 1. The summed E-state index contributed by atoms with van der Waals surface area (Å²) in [4.78, 5) is 23.0. The number of nitrogens with zero attached hydrogens (tertiary/aromatic N) is 2. The summed E-state index contributed by atoms with van der Waals surface area (Å²) in [6.45, 7) is 0. The lowest BCUT2D eigenvalue weighted by Gasteiger charge is -2.11. The van der Waals surface area contributed by atoms with Crippen molar-refractivity contribution in [3.05, 3.63) is 22.0 Å². The van der Waals surface area contributed by atoms with Gasteiger partial charge < -0.3 is 9.84 Å². The molecule has 0 saturated heterocycles. The summed E-state index contributed by atoms with van der Waals surface area (Å²) in [5.74, 6) is -2.76. The third-order valence-electron chi connectivity index (χ3n) is 1.58. The van der Waals surface area contributed by atoms with E-state index >= 15 is 0 Å². The van der Waals surface area contributed by atoms with Gasteiger partial charge in [-0.05, 0) is 11.6 Å². The maximum Gasteiger partial charge on any atom is 0.573 e. The van der Waals surface area contributed by atoms with Gasteiger partial charge in [0.05, 0.1) is 11.1 Å². The number of aromatic nitrogens is 1. The van der Waals surface area contributed by atoms with Crippen LogP contribution >= 0.6 is 11.6 Å². The Balaban J connectivity index is 3.53. The lowest BCUT2D eigenvalue weighted by atomic mass is 10.3. The highest BCUT2D eigenvalue weighted by molar-refractivity contribution is 6.67. The molecule has 1 rings (SSSR count). The lowest BCUT2D eigenvalue weighted by molar-refractivity contribution is -0.389. The zero-order chi connectivity index (χ0) is 14.1. The molecule has 0 aliphatic carbocycles. The summed E-state index contributed by atoms with van der Waals surface area (Å²) in [7, 11) is 0. The lowest BCUT2D eigenvalue weighted by Crippen LogP contribution is -2.20. The molecule has 11 heteroatoms. The fourth-order valence-electron chi connectivity index (χ4n) is 1.00. The normalized spacial score (nSPS) is 11.1. The molecule has 0 radical (unpaired) electrons. The Hall–Kier alpha value is -2.10. The molecule has 1 aromatic rings. The van der Waals surface area contributed by atoms with Gasteiger partial charge in [-0.25, -0.2) is 4.98 Å². The third-order valence-corrected chi connectivity index (χ3v) is 1.75. The van der Waals surface area contributed by atoms with E-state index in [2.05, 4.69) is 9.72 Å². The highest BCUT2D eigenvalue weighted by Crippen LogP contribution is 2.40. The predicted molar refractivity (Wildman–Crippen MR) is 49.4 cm³/mol. The SMILES string of the molecule is O=C(Cl)c1ncc(O)c([N+](=O)[O-])c1OC(F)(F)F. The second-order valence-corrected chi connectivity index (χ2v) is 3.09. The van der Waals surface area contributed by atoms with E-state index in [1.807, 2.05) is 0 Å². The van der Waals surface area contributed by atoms with E-state index in [4.69, 9.17) is 16.7 Å². The van der Waals surface area contributed by atoms with Crippen LogP contribution in [0.25, 0.3) is 0 Å². The highest BCUT2D eigenvalue weighted by Gasteiger charge is 2.39. The standard InChI is InChI=1S/C7H2ClF3N2O5/c8-6(15)3-5(18-7(9,10)11)4(13(16)17)2(14)1-12-3/h1,14H. The van der Waals surface area contributed by atoms with Crippen molar-refractivity contribution >= 4 is 22.5 Å². The van der Waals surface area contributed by atoms with E-state index in [-0.39, 0.29) is 0 Å². The van der Waals surface area contributed by atoms with E-state index in [0.717, 1.165) is 0 Å². The van der Waals surface area contributed by atoms with Gasteiger partial charge in [-0.2, -0.15) is 0 Å². The van der Waals surface area contributed by atoms with Crippen LogP contribution in [0.5, 0.6) is 11.5 Å². The molecule has 0 unspecified atom stereocenters. The summed E-state index contributed by atoms with van der Waals surface area (Å²) in [5.41, 5.74) is -2.58. The molecule has 1 heterocycles. The summed E-state index contributed by atoms with van der Waals surface area (Å²) in [6, 6.07) is 0. The van der Waals surface area contributed by atoms with Crippen LogP contribution in [0.2, 0.25) is 0 Å². The summed E-state index contributed by atoms with van der Waals surface area (Å²) in [6.07, 6.45) is -4.90. The zero-order valence-electron chi connectivity index (χ0n) is 8.06. The van der Waals surface area contributed by atoms with E-state index in [9.17, 15) is 28.1 Å². The van der Waals surface area contributed by atoms with Gasteiger partial charge in [0.25, 0.3) is 5.24 Å². The Morgan fingerprint density at radius 2 is 2.11 bits per heavy atom. The van der Waals surface area contributed by atoms with Crippen molar-refractivity contribution in [2.24, 2.45) is 0 Å². The first-order valence-electron chi connectivity index (χ1n) is 3.95. The molecule has 0 spiro atoms. The second kappa shape index (κ2) is 4.64. The quantitative estimate of drug-likeness (QED) is 0.517. The van der Waals surface area contributed by atoms with Crippen LogP contribution in [0.15, 0.2) is 6.20 Å². The number of hydrogen-bond donors (Lipinski definition) is 1. The fourth-order valence-corrected chi connectivity index (χ4v) is 1.14. The molecular weight excluding hydrogens is 285 g/mol. The van der Waals surface area contributed by atoms with Gasteiger partial charge in [0.2, 0.25) is 11.5 Å². The number of halogens is 4. The predicted octanol–water partition coefficient (Wildman–Crippen LogP) is 1.97. The zero-order valence-corrected chi connectivity index (χ0v) is 8.82. The smallest absolute Gasteiger partial charge is 0.501 e. The molecule has 1 N–H and O–H groups in total. The molecule has 18 heavy (non-hydrogen) atoms. The van der Waals surface area contributed by atoms with E-state index < -0.39 is 39.4 Å². The molecule has 0 atom stereocenters. The molecule has 0 bridgehead atoms. The Morgan fingerprint density at radius 1 is 1.56 bits per heavy atom. The Labute approximate surface area is 101 Å². The minimum absolute atomic E-state index is 0.414. The van der Waals surface area contributed by atoms with Crippen LogP contribution in [-0.4, -0.2) is 26.6 Å². The van der Waals surface area contributed by atoms with Crippen molar-refractivity contribution in [2.45, 2.75) is 6.36 Å². The number of hydrogen-bond acceptors (Lipinski definition) is 6. The van der Waals surface area contributed by atoms with Crippen molar-refractivity contribution in [3.63, 3.8) is 0 Å². The van der Waals surface area contributed by atoms with Crippen LogP contribution in [-0.2, 0) is 0 Å². The number of alkyl halides is 3. The summed E-state index contributed by atoms with van der Waals surface area (Å²) < 4.78 is 39.5. The first-order valence-corrected chi connectivity index (χ1v) is 4.33. The van der Waals surface area contributed by atoms with Crippen molar-refractivity contribution < 1.29 is 32.7 Å². The minimum Gasteiger partial charge on any atom is -0.501 e. The number of rotatable bonds is 3. The van der Waals surface area contributed by atoms with Gasteiger partial charge in [-0.3, -0.25) is 14.9 Å². The van der Waals surface area contributed by atoms with E-state index in [1.165, 1.54) is 0 Å². The van der Waals surface area contributed by atoms with Crippen molar-refractivity contribution in [1.82, 2.24) is 4.98 Å². The summed E-state index contributed by atoms with van der Waals surface area (Å²) in [5, 5.41) is 18.1. The maximum atomic E-state index is 12.1. The van der Waals surface area contributed by atoms with Crippen molar-refractivity contribution in [2.75, 3.05) is 0 Å². The molecule has 7 nitrogen and oxygen atoms in total. The number of aromatic hydroxyl groups is 1. The van der Waals surface area contributed by atoms with Gasteiger partial charge in [0.15, 0.2) is 5.69 Å². The molecule has 1 aromatic heterocycles. The summed E-state index contributed by atoms with van der Waals surface area (Å²) >= 11 is 4.91. The Bertz CT molecular complexity index is 519. The molecule has 0 aliphatic heterocycles. The highest BCUT2D eigenvalue weighted by atomic mass is 35.5. The molecule has 98 valence electrons. The van der Waals surface area contributed by atoms with Gasteiger partial charge in [-0.15, -0.1) is 13.2 Å². The van der Waals surface area contributed by atoms with Crippen LogP contribution < -0.4 is 4.74 Å². The molecule has 0 aromatic carbocycles. The topological polar surface area (TPSA) is 103 Å². The number of carbonyl (C=O) groups is 1. The largest absolute Gasteiger partial charge is 0.573 e. The molecule has 0 saturated carbocycles. The van der Waals surface area contributed by atoms with Crippen LogP contribution in [0.3, 0.4) is 0 Å². The third kappa shape index (κ3) is 2.97. The van der Waals surface area contributed by atoms with E-state index in [1.54, 1.807) is 0 Å². The monoisotopic (exact) mass is 286 g/mol. The number of nitro groups is 1. The Kier molecular flexibility index (Phi) is 3.60. The fraction of sp³-hybridized carbons (Fsp3) is 0.143. The van der Waals surface area contributed by atoms with E-state index in [0.29, 0.717) is 6.20 Å². The van der Waals surface area contributed by atoms with Crippen molar-refractivity contribution in [3.8, 4) is 11.5 Å². The van der Waals surface area contributed by atoms with Gasteiger partial charge >= 0.3 is 12.0 Å². The molecule has 0 amide bonds. The number of ether oxygens (including phenoxy) is 1. The maximum absolute atomic E-state index is 12.1. The van der Waals surface area contributed by atoms with Crippen molar-refractivity contribution in [1.29, 1.82) is 0 Å². The molecule has 0 aliphatic rings. The van der Waals surface area contributed by atoms with Crippen LogP contribution in [0.4, 0.5) is 18.9 Å². The second-order valence-electron chi connectivity index (χ2n) is 2.75.